The number of carbonyl (C=O) groups excluding carboxylic acids is 1. The van der Waals surface area contributed by atoms with Gasteiger partial charge in [0.2, 0.25) is 5.89 Å². The second-order valence-corrected chi connectivity index (χ2v) is 3.28. The first-order chi connectivity index (χ1) is 7.17. The molecule has 1 unspecified atom stereocenters. The van der Waals surface area contributed by atoms with Crippen molar-refractivity contribution in [3.05, 3.63) is 11.7 Å². The summed E-state index contributed by atoms with van der Waals surface area (Å²) in [5.41, 5.74) is 0. The smallest absolute Gasteiger partial charge is 0.292 e. The predicted molar refractivity (Wildman–Crippen MR) is 54.3 cm³/mol. The Hall–Kier alpha value is -1.43. The van der Waals surface area contributed by atoms with Crippen molar-refractivity contribution in [1.82, 2.24) is 20.8 Å². The lowest BCUT2D eigenvalue weighted by molar-refractivity contribution is 0.0950. The van der Waals surface area contributed by atoms with Crippen LogP contribution in [-0.4, -0.2) is 29.1 Å². The van der Waals surface area contributed by atoms with Crippen molar-refractivity contribution in [3.63, 3.8) is 0 Å². The highest BCUT2D eigenvalue weighted by atomic mass is 16.5. The van der Waals surface area contributed by atoms with Crippen LogP contribution in [0, 0.1) is 0 Å². The lowest BCUT2D eigenvalue weighted by Gasteiger charge is -2.07. The van der Waals surface area contributed by atoms with Crippen LogP contribution in [0.3, 0.4) is 0 Å². The molecule has 0 aliphatic heterocycles. The van der Waals surface area contributed by atoms with Gasteiger partial charge in [-0.1, -0.05) is 12.1 Å². The topological polar surface area (TPSA) is 80.0 Å². The maximum absolute atomic E-state index is 11.1. The summed E-state index contributed by atoms with van der Waals surface area (Å²) in [4.78, 5) is 15.0. The second-order valence-electron chi connectivity index (χ2n) is 3.28. The molecule has 1 rings (SSSR count). The van der Waals surface area contributed by atoms with Crippen LogP contribution in [0.1, 0.15) is 36.8 Å². The van der Waals surface area contributed by atoms with Crippen molar-refractivity contribution in [3.8, 4) is 0 Å². The highest BCUT2D eigenvalue weighted by Crippen LogP contribution is 1.98. The minimum Gasteiger partial charge on any atom is -0.352 e. The third kappa shape index (κ3) is 3.32. The second kappa shape index (κ2) is 5.45. The molecule has 0 saturated heterocycles. The van der Waals surface area contributed by atoms with E-state index in [0.717, 1.165) is 6.42 Å². The Kier molecular flexibility index (Phi) is 4.23. The van der Waals surface area contributed by atoms with E-state index in [-0.39, 0.29) is 11.7 Å². The number of amides is 1. The monoisotopic (exact) mass is 212 g/mol. The maximum Gasteiger partial charge on any atom is 0.292 e. The molecule has 0 spiro atoms. The fourth-order valence-corrected chi connectivity index (χ4v) is 0.937. The van der Waals surface area contributed by atoms with E-state index in [1.165, 1.54) is 7.05 Å². The molecule has 1 amide bonds. The first-order valence-electron chi connectivity index (χ1n) is 4.95. The van der Waals surface area contributed by atoms with E-state index in [1.807, 2.05) is 0 Å². The first-order valence-corrected chi connectivity index (χ1v) is 4.95. The summed E-state index contributed by atoms with van der Waals surface area (Å²) in [5, 5.41) is 9.17. The number of carbonyl (C=O) groups is 1. The van der Waals surface area contributed by atoms with E-state index in [4.69, 9.17) is 4.52 Å². The summed E-state index contributed by atoms with van der Waals surface area (Å²) < 4.78 is 4.90. The van der Waals surface area contributed by atoms with Crippen LogP contribution in [0.4, 0.5) is 0 Å². The fraction of sp³-hybridized carbons (Fsp3) is 0.667. The van der Waals surface area contributed by atoms with Crippen molar-refractivity contribution in [2.24, 2.45) is 0 Å². The van der Waals surface area contributed by atoms with Gasteiger partial charge in [-0.15, -0.1) is 0 Å². The summed E-state index contributed by atoms with van der Waals surface area (Å²) >= 11 is 0. The standard InChI is InChI=1S/C9H16N4O2/c1-4-6(2)11-5-7-12-8(13-15-7)9(14)10-3/h6,11H,4-5H2,1-3H3,(H,10,14). The number of hydrogen-bond donors (Lipinski definition) is 2. The molecule has 0 aliphatic rings. The van der Waals surface area contributed by atoms with Gasteiger partial charge in [0.25, 0.3) is 11.7 Å². The van der Waals surface area contributed by atoms with Crippen LogP contribution >= 0.6 is 0 Å². The molecule has 1 aromatic rings. The molecule has 2 N–H and O–H groups in total. The molecule has 0 radical (unpaired) electrons. The molecule has 0 fully saturated rings. The largest absolute Gasteiger partial charge is 0.352 e. The van der Waals surface area contributed by atoms with Gasteiger partial charge in [0.1, 0.15) is 0 Å². The Bertz CT molecular complexity index is 324. The van der Waals surface area contributed by atoms with E-state index in [1.54, 1.807) is 0 Å². The van der Waals surface area contributed by atoms with Gasteiger partial charge in [-0.05, 0) is 13.3 Å². The van der Waals surface area contributed by atoms with Gasteiger partial charge in [-0.25, -0.2) is 0 Å². The van der Waals surface area contributed by atoms with Crippen LogP contribution < -0.4 is 10.6 Å². The zero-order chi connectivity index (χ0) is 11.3. The van der Waals surface area contributed by atoms with Gasteiger partial charge in [0.05, 0.1) is 6.54 Å². The number of rotatable bonds is 5. The van der Waals surface area contributed by atoms with E-state index in [9.17, 15) is 4.79 Å². The first kappa shape index (κ1) is 11.6. The highest BCUT2D eigenvalue weighted by Gasteiger charge is 2.12. The van der Waals surface area contributed by atoms with Crippen LogP contribution in [0.2, 0.25) is 0 Å². The van der Waals surface area contributed by atoms with Crippen molar-refractivity contribution in [1.29, 1.82) is 0 Å². The fourth-order valence-electron chi connectivity index (χ4n) is 0.937. The predicted octanol–water partition coefficient (Wildman–Crippen LogP) is 0.317. The van der Waals surface area contributed by atoms with Crippen molar-refractivity contribution in [2.45, 2.75) is 32.9 Å². The molecule has 0 saturated carbocycles. The van der Waals surface area contributed by atoms with Crippen LogP contribution in [0.5, 0.6) is 0 Å². The van der Waals surface area contributed by atoms with Crippen molar-refractivity contribution in [2.75, 3.05) is 7.05 Å². The molecule has 0 aromatic carbocycles. The minimum atomic E-state index is -0.339. The van der Waals surface area contributed by atoms with Crippen LogP contribution in [-0.2, 0) is 6.54 Å². The summed E-state index contributed by atoms with van der Waals surface area (Å²) in [6, 6.07) is 0.389. The van der Waals surface area contributed by atoms with Crippen LogP contribution in [0.15, 0.2) is 4.52 Å². The van der Waals surface area contributed by atoms with Crippen LogP contribution in [0.25, 0.3) is 0 Å². The molecule has 1 heterocycles. The molecule has 1 aromatic heterocycles. The summed E-state index contributed by atoms with van der Waals surface area (Å²) in [6.45, 7) is 4.64. The molecule has 6 nitrogen and oxygen atoms in total. The van der Waals surface area contributed by atoms with E-state index < -0.39 is 0 Å². The number of nitrogens with one attached hydrogen (secondary N) is 2. The lowest BCUT2D eigenvalue weighted by Crippen LogP contribution is -2.24. The Morgan fingerprint density at radius 3 is 2.93 bits per heavy atom. The average molecular weight is 212 g/mol. The zero-order valence-electron chi connectivity index (χ0n) is 9.20. The SMILES string of the molecule is CCC(C)NCc1nc(C(=O)NC)no1. The number of nitrogens with zero attached hydrogens (tertiary/aromatic N) is 2. The Morgan fingerprint density at radius 2 is 2.33 bits per heavy atom. The Morgan fingerprint density at radius 1 is 1.60 bits per heavy atom. The Balaban J connectivity index is 2.49. The zero-order valence-corrected chi connectivity index (χ0v) is 9.20. The summed E-state index contributed by atoms with van der Waals surface area (Å²) in [7, 11) is 1.52. The van der Waals surface area contributed by atoms with Gasteiger partial charge >= 0.3 is 0 Å². The lowest BCUT2D eigenvalue weighted by atomic mass is 10.3. The normalized spacial score (nSPS) is 12.5. The van der Waals surface area contributed by atoms with Gasteiger partial charge in [0.15, 0.2) is 0 Å². The number of aromatic nitrogens is 2. The van der Waals surface area contributed by atoms with Gasteiger partial charge in [-0.3, -0.25) is 4.79 Å². The highest BCUT2D eigenvalue weighted by molar-refractivity contribution is 5.89. The molecule has 1 atom stereocenters. The molecular formula is C9H16N4O2. The van der Waals surface area contributed by atoms with E-state index in [0.29, 0.717) is 18.5 Å². The van der Waals surface area contributed by atoms with E-state index in [2.05, 4.69) is 34.6 Å². The summed E-state index contributed by atoms with van der Waals surface area (Å²) in [5.74, 6) is 0.154. The molecule has 84 valence electrons. The number of hydrogen-bond acceptors (Lipinski definition) is 5. The molecule has 0 aliphatic carbocycles. The van der Waals surface area contributed by atoms with Gasteiger partial charge in [-0.2, -0.15) is 4.98 Å². The molecule has 15 heavy (non-hydrogen) atoms. The molecule has 6 heteroatoms. The minimum absolute atomic E-state index is 0.0680. The van der Waals surface area contributed by atoms with Gasteiger partial charge in [0, 0.05) is 13.1 Å². The van der Waals surface area contributed by atoms with Gasteiger partial charge < -0.3 is 15.2 Å². The third-order valence-electron chi connectivity index (χ3n) is 2.11. The molecular weight excluding hydrogens is 196 g/mol. The molecule has 0 bridgehead atoms. The third-order valence-corrected chi connectivity index (χ3v) is 2.11. The van der Waals surface area contributed by atoms with Crippen molar-refractivity contribution >= 4 is 5.91 Å². The average Bonchev–Trinajstić information content (AvgIpc) is 2.73. The quantitative estimate of drug-likeness (QED) is 0.734. The maximum atomic E-state index is 11.1. The summed E-state index contributed by atoms with van der Waals surface area (Å²) in [6.07, 6.45) is 1.02. The van der Waals surface area contributed by atoms with Crippen molar-refractivity contribution < 1.29 is 9.32 Å². The Labute approximate surface area is 88.4 Å². The van der Waals surface area contributed by atoms with E-state index >= 15 is 0 Å².